The number of carbonyl (C=O) groups excluding carboxylic acids is 2. The van der Waals surface area contributed by atoms with Crippen molar-refractivity contribution in [3.63, 3.8) is 0 Å². The minimum absolute atomic E-state index is 0.00140. The number of nitrogens with zero attached hydrogens (tertiary/aromatic N) is 2. The minimum atomic E-state index is -0.554. The molecule has 0 amide bonds. The van der Waals surface area contributed by atoms with Crippen LogP contribution in [0, 0.1) is 11.6 Å². The fraction of sp³-hybridized carbons (Fsp3) is 0.238. The Morgan fingerprint density at radius 1 is 0.678 bits per heavy atom. The summed E-state index contributed by atoms with van der Waals surface area (Å²) in [5, 5.41) is 31.0. The van der Waals surface area contributed by atoms with Gasteiger partial charge in [0, 0.05) is 41.9 Å². The summed E-state index contributed by atoms with van der Waals surface area (Å²) in [4.78, 5) is 30.8. The number of ether oxygens (including phenoxy) is 4. The van der Waals surface area contributed by atoms with Gasteiger partial charge in [-0.25, -0.2) is 28.3 Å². The van der Waals surface area contributed by atoms with Gasteiger partial charge in [-0.1, -0.05) is 30.3 Å². The third kappa shape index (κ3) is 10.8. The van der Waals surface area contributed by atoms with E-state index < -0.39 is 41.9 Å². The zero-order chi connectivity index (χ0) is 43.5. The molecule has 4 aromatic carbocycles. The number of benzene rings is 4. The second kappa shape index (κ2) is 20.0. The smallest absolute Gasteiger partial charge is 0.494 e. The van der Waals surface area contributed by atoms with Crippen molar-refractivity contribution in [1.29, 1.82) is 0 Å². The van der Waals surface area contributed by atoms with Gasteiger partial charge in [0.05, 0.1) is 36.5 Å². The molecule has 0 spiro atoms. The second-order valence-corrected chi connectivity index (χ2v) is 13.5. The number of phenols is 1. The lowest BCUT2D eigenvalue weighted by Crippen LogP contribution is -2.41. The average Bonchev–Trinajstić information content (AvgIpc) is 3.46. The highest BCUT2D eigenvalue weighted by molar-refractivity contribution is 6.62. The number of phenolic OH excluding ortho intramolecular Hbond substituents is 1. The van der Waals surface area contributed by atoms with Crippen LogP contribution in [0.2, 0.25) is 0 Å². The van der Waals surface area contributed by atoms with Gasteiger partial charge >= 0.3 is 19.1 Å². The SMILES string of the molecule is CCO.COC(=O)c1ccc(Oc2ccc3cc(B4OC(C)(C)C(C)(C)O4)ccc3c2F)nc1.COC(=O)c1ccc(Oc2ccc3cc(O)ccc3c2F)nc1.OO. The van der Waals surface area contributed by atoms with E-state index in [0.29, 0.717) is 21.5 Å². The Hall–Kier alpha value is -6.24. The first-order valence-corrected chi connectivity index (χ1v) is 17.9. The number of aliphatic hydroxyl groups is 1. The lowest BCUT2D eigenvalue weighted by atomic mass is 9.78. The molecule has 1 saturated heterocycles. The topological polar surface area (TPSA) is 196 Å². The summed E-state index contributed by atoms with van der Waals surface area (Å²) < 4.78 is 61.9. The molecule has 0 saturated carbocycles. The Labute approximate surface area is 338 Å². The number of hydrogen-bond donors (Lipinski definition) is 4. The highest BCUT2D eigenvalue weighted by atomic mass is 19.1. The number of fused-ring (bicyclic) bond motifs is 2. The fourth-order valence-corrected chi connectivity index (χ4v) is 5.42. The minimum Gasteiger partial charge on any atom is -0.508 e. The number of aliphatic hydroxyl groups excluding tert-OH is 1. The highest BCUT2D eigenvalue weighted by Gasteiger charge is 2.51. The summed E-state index contributed by atoms with van der Waals surface area (Å²) in [7, 11) is 2.04. The number of rotatable bonds is 7. The van der Waals surface area contributed by atoms with Crippen LogP contribution in [0.1, 0.15) is 55.3 Å². The molecule has 0 atom stereocenters. The van der Waals surface area contributed by atoms with Crippen molar-refractivity contribution >= 4 is 46.1 Å². The lowest BCUT2D eigenvalue weighted by molar-refractivity contribution is -0.176. The van der Waals surface area contributed by atoms with E-state index in [4.69, 9.17) is 34.4 Å². The van der Waals surface area contributed by atoms with Crippen LogP contribution in [0.5, 0.6) is 29.0 Å². The Balaban J connectivity index is 0.000000243. The van der Waals surface area contributed by atoms with E-state index in [-0.39, 0.29) is 46.7 Å². The molecule has 310 valence electrons. The van der Waals surface area contributed by atoms with Crippen molar-refractivity contribution in [2.45, 2.75) is 45.8 Å². The molecule has 17 heteroatoms. The van der Waals surface area contributed by atoms with Crippen LogP contribution in [-0.2, 0) is 18.8 Å². The first-order chi connectivity index (χ1) is 28.1. The predicted molar refractivity (Wildman–Crippen MR) is 215 cm³/mol. The third-order valence-electron chi connectivity index (χ3n) is 9.11. The van der Waals surface area contributed by atoms with E-state index in [1.807, 2.05) is 33.8 Å². The van der Waals surface area contributed by atoms with Crippen molar-refractivity contribution in [2.24, 2.45) is 0 Å². The Kier molecular flexibility index (Phi) is 15.4. The molecule has 1 aliphatic rings. The van der Waals surface area contributed by atoms with Gasteiger partial charge in [-0.3, -0.25) is 10.5 Å². The number of hydrogen-bond acceptors (Lipinski definition) is 14. The largest absolute Gasteiger partial charge is 0.508 e. The van der Waals surface area contributed by atoms with Crippen molar-refractivity contribution in [3.05, 3.63) is 120 Å². The molecule has 1 fully saturated rings. The fourth-order valence-electron chi connectivity index (χ4n) is 5.42. The maximum atomic E-state index is 15.1. The van der Waals surface area contributed by atoms with Gasteiger partial charge < -0.3 is 38.5 Å². The molecule has 14 nitrogen and oxygen atoms in total. The molecule has 0 aliphatic carbocycles. The van der Waals surface area contributed by atoms with E-state index in [9.17, 15) is 19.1 Å². The van der Waals surface area contributed by atoms with Crippen molar-refractivity contribution < 1.29 is 67.4 Å². The number of esters is 2. The quantitative estimate of drug-likeness (QED) is 0.0525. The molecule has 0 radical (unpaired) electrons. The Morgan fingerprint density at radius 3 is 1.51 bits per heavy atom. The molecule has 7 rings (SSSR count). The molecule has 4 N–H and O–H groups in total. The summed E-state index contributed by atoms with van der Waals surface area (Å²) in [6.07, 6.45) is 2.61. The van der Waals surface area contributed by atoms with Gasteiger partial charge in [-0.15, -0.1) is 0 Å². The van der Waals surface area contributed by atoms with E-state index in [1.54, 1.807) is 37.3 Å². The molecular formula is C42H43BF2N2O12. The second-order valence-electron chi connectivity index (χ2n) is 13.5. The van der Waals surface area contributed by atoms with Crippen molar-refractivity contribution in [1.82, 2.24) is 9.97 Å². The summed E-state index contributed by atoms with van der Waals surface area (Å²) >= 11 is 0. The summed E-state index contributed by atoms with van der Waals surface area (Å²) in [6, 6.07) is 22.0. The van der Waals surface area contributed by atoms with Gasteiger partial charge in [0.25, 0.3) is 0 Å². The average molecular weight is 817 g/mol. The van der Waals surface area contributed by atoms with Crippen LogP contribution in [0.15, 0.2) is 97.3 Å². The lowest BCUT2D eigenvalue weighted by Gasteiger charge is -2.32. The summed E-state index contributed by atoms with van der Waals surface area (Å²) in [5.74, 6) is -1.66. The number of methoxy groups -OCH3 is 2. The molecule has 3 heterocycles. The predicted octanol–water partition coefficient (Wildman–Crippen LogP) is 7.93. The Bertz CT molecular complexity index is 2360. The van der Waals surface area contributed by atoms with Gasteiger partial charge in [0.15, 0.2) is 23.1 Å². The molecule has 0 unspecified atom stereocenters. The van der Waals surface area contributed by atoms with Crippen LogP contribution >= 0.6 is 0 Å². The molecule has 59 heavy (non-hydrogen) atoms. The van der Waals surface area contributed by atoms with Crippen LogP contribution in [0.3, 0.4) is 0 Å². The van der Waals surface area contributed by atoms with E-state index in [0.717, 1.165) is 5.46 Å². The van der Waals surface area contributed by atoms with Crippen LogP contribution < -0.4 is 14.9 Å². The first-order valence-electron chi connectivity index (χ1n) is 17.9. The maximum Gasteiger partial charge on any atom is 0.494 e. The number of pyridine rings is 2. The zero-order valence-corrected chi connectivity index (χ0v) is 33.2. The summed E-state index contributed by atoms with van der Waals surface area (Å²) in [6.45, 7) is 9.89. The molecule has 1 aliphatic heterocycles. The van der Waals surface area contributed by atoms with Gasteiger partial charge in [-0.05, 0) is 93.3 Å². The zero-order valence-electron chi connectivity index (χ0n) is 33.2. The third-order valence-corrected chi connectivity index (χ3v) is 9.11. The number of aromatic nitrogens is 2. The van der Waals surface area contributed by atoms with Gasteiger partial charge in [0.2, 0.25) is 11.8 Å². The highest BCUT2D eigenvalue weighted by Crippen LogP contribution is 2.37. The molecular weight excluding hydrogens is 773 g/mol. The Morgan fingerprint density at radius 2 is 1.10 bits per heavy atom. The monoisotopic (exact) mass is 816 g/mol. The number of halogens is 2. The van der Waals surface area contributed by atoms with E-state index in [1.165, 1.54) is 75.1 Å². The molecule has 6 aromatic rings. The van der Waals surface area contributed by atoms with Gasteiger partial charge in [0.1, 0.15) is 5.75 Å². The van der Waals surface area contributed by atoms with E-state index >= 15 is 4.39 Å². The standard InChI is InChI=1S/C23H23BFNO5.C17H12FNO4.C2H6O.H2O2/c1-22(2)23(3,4)31-24(30-22)16-8-9-17-14(12-16)6-10-18(20(17)25)29-19-11-7-15(13-26-19)21(27)28-5;1-22-17(21)11-3-7-15(19-9-11)23-14-6-2-10-8-12(20)4-5-13(10)16(14)18;1-2-3;1-2/h6-13H,1-5H3;2-9,20H,1H3;3H,2H2,1H3;1-2H. The molecule has 2 aromatic heterocycles. The first kappa shape index (κ1) is 45.5. The number of carbonyl (C=O) groups is 2. The maximum absolute atomic E-state index is 15.1. The van der Waals surface area contributed by atoms with Gasteiger partial charge in [-0.2, -0.15) is 0 Å². The number of aromatic hydroxyl groups is 1. The van der Waals surface area contributed by atoms with Crippen LogP contribution in [0.25, 0.3) is 21.5 Å². The van der Waals surface area contributed by atoms with Crippen LogP contribution in [-0.4, -0.2) is 81.8 Å². The van der Waals surface area contributed by atoms with Crippen LogP contribution in [0.4, 0.5) is 8.78 Å². The van der Waals surface area contributed by atoms with E-state index in [2.05, 4.69) is 19.4 Å². The summed E-state index contributed by atoms with van der Waals surface area (Å²) in [5.41, 5.74) is 0.468. The normalized spacial score (nSPS) is 13.5. The van der Waals surface area contributed by atoms with Crippen molar-refractivity contribution in [3.8, 4) is 29.0 Å². The molecule has 0 bridgehead atoms. The van der Waals surface area contributed by atoms with Crippen molar-refractivity contribution in [2.75, 3.05) is 20.8 Å².